The second kappa shape index (κ2) is 3.64. The molecule has 1 aliphatic rings. The summed E-state index contributed by atoms with van der Waals surface area (Å²) in [4.78, 5) is 0. The van der Waals surface area contributed by atoms with E-state index in [0.29, 0.717) is 5.15 Å². The number of hydrogen-bond acceptors (Lipinski definition) is 3. The number of fused-ring (bicyclic) bond motifs is 1. The van der Waals surface area contributed by atoms with Gasteiger partial charge in [0.1, 0.15) is 10.9 Å². The maximum absolute atomic E-state index is 6.21. The molecule has 84 valence electrons. The van der Waals surface area contributed by atoms with Crippen molar-refractivity contribution in [1.29, 1.82) is 0 Å². The van der Waals surface area contributed by atoms with Gasteiger partial charge in [0, 0.05) is 31.1 Å². The molecule has 2 aromatic heterocycles. The van der Waals surface area contributed by atoms with Gasteiger partial charge in [-0.25, -0.2) is 0 Å². The molecule has 0 amide bonds. The summed E-state index contributed by atoms with van der Waals surface area (Å²) in [6, 6.07) is 2.10. The number of rotatable bonds is 1. The van der Waals surface area contributed by atoms with Gasteiger partial charge in [-0.05, 0) is 6.07 Å². The first kappa shape index (κ1) is 9.93. The highest BCUT2D eigenvalue weighted by Gasteiger charge is 2.26. The molecule has 1 atom stereocenters. The summed E-state index contributed by atoms with van der Waals surface area (Å²) in [5.74, 6) is 1.05. The van der Waals surface area contributed by atoms with E-state index in [9.17, 15) is 0 Å². The molecule has 3 rings (SSSR count). The zero-order chi connectivity index (χ0) is 11.1. The van der Waals surface area contributed by atoms with E-state index >= 15 is 0 Å². The number of hydrogen-bond donors (Lipinski definition) is 1. The standard InChI is InChI=1S/C11H12ClN3O/c1-15-11(12)8(6-14-15)10-7-3-5-16-9(7)2-4-13-10/h3,5-6,10,13H,2,4H2,1H3. The van der Waals surface area contributed by atoms with E-state index in [1.807, 2.05) is 19.3 Å². The second-order valence-corrected chi connectivity index (χ2v) is 4.31. The fourth-order valence-corrected chi connectivity index (χ4v) is 2.36. The van der Waals surface area contributed by atoms with Crippen LogP contribution in [-0.4, -0.2) is 16.3 Å². The fourth-order valence-electron chi connectivity index (χ4n) is 2.16. The van der Waals surface area contributed by atoms with E-state index in [-0.39, 0.29) is 6.04 Å². The van der Waals surface area contributed by atoms with Gasteiger partial charge in [0.2, 0.25) is 0 Å². The van der Waals surface area contributed by atoms with Gasteiger partial charge in [0.15, 0.2) is 0 Å². The molecule has 5 heteroatoms. The zero-order valence-electron chi connectivity index (χ0n) is 8.90. The molecule has 3 heterocycles. The highest BCUT2D eigenvalue weighted by atomic mass is 35.5. The highest BCUT2D eigenvalue weighted by Crippen LogP contribution is 2.32. The van der Waals surface area contributed by atoms with Crippen LogP contribution in [-0.2, 0) is 13.5 Å². The van der Waals surface area contributed by atoms with Crippen molar-refractivity contribution in [3.8, 4) is 0 Å². The minimum absolute atomic E-state index is 0.101. The van der Waals surface area contributed by atoms with Crippen LogP contribution in [0.25, 0.3) is 0 Å². The predicted molar refractivity (Wildman–Crippen MR) is 60.5 cm³/mol. The van der Waals surface area contributed by atoms with Gasteiger partial charge < -0.3 is 9.73 Å². The Morgan fingerprint density at radius 3 is 3.19 bits per heavy atom. The maximum Gasteiger partial charge on any atom is 0.131 e. The van der Waals surface area contributed by atoms with Crippen molar-refractivity contribution in [2.75, 3.05) is 6.54 Å². The van der Waals surface area contributed by atoms with Crippen molar-refractivity contribution >= 4 is 11.6 Å². The van der Waals surface area contributed by atoms with Crippen molar-refractivity contribution in [3.05, 3.63) is 40.6 Å². The van der Waals surface area contributed by atoms with Gasteiger partial charge in [-0.3, -0.25) is 4.68 Å². The van der Waals surface area contributed by atoms with Crippen LogP contribution >= 0.6 is 11.6 Å². The minimum Gasteiger partial charge on any atom is -0.469 e. The van der Waals surface area contributed by atoms with Crippen molar-refractivity contribution in [2.45, 2.75) is 12.5 Å². The molecule has 0 bridgehead atoms. The largest absolute Gasteiger partial charge is 0.469 e. The molecule has 0 aliphatic carbocycles. The average molecular weight is 238 g/mol. The van der Waals surface area contributed by atoms with Crippen LogP contribution in [0.3, 0.4) is 0 Å². The molecule has 4 nitrogen and oxygen atoms in total. The Kier molecular flexibility index (Phi) is 2.26. The molecule has 0 saturated heterocycles. The molecule has 1 N–H and O–H groups in total. The summed E-state index contributed by atoms with van der Waals surface area (Å²) < 4.78 is 7.12. The third-order valence-corrected chi connectivity index (χ3v) is 3.46. The lowest BCUT2D eigenvalue weighted by Gasteiger charge is -2.22. The van der Waals surface area contributed by atoms with E-state index in [0.717, 1.165) is 24.3 Å². The van der Waals surface area contributed by atoms with Crippen LogP contribution in [0.2, 0.25) is 5.15 Å². The van der Waals surface area contributed by atoms with Gasteiger partial charge >= 0.3 is 0 Å². The lowest BCUT2D eigenvalue weighted by molar-refractivity contribution is 0.456. The van der Waals surface area contributed by atoms with Gasteiger partial charge in [-0.1, -0.05) is 11.6 Å². The molecule has 16 heavy (non-hydrogen) atoms. The van der Waals surface area contributed by atoms with Gasteiger partial charge in [0.05, 0.1) is 18.5 Å². The molecular weight excluding hydrogens is 226 g/mol. The van der Waals surface area contributed by atoms with Crippen LogP contribution in [0.15, 0.2) is 22.9 Å². The van der Waals surface area contributed by atoms with Crippen LogP contribution < -0.4 is 5.32 Å². The highest BCUT2D eigenvalue weighted by molar-refractivity contribution is 6.30. The van der Waals surface area contributed by atoms with E-state index in [1.54, 1.807) is 10.9 Å². The summed E-state index contributed by atoms with van der Waals surface area (Å²) in [6.45, 7) is 0.899. The molecule has 0 radical (unpaired) electrons. The number of nitrogens with zero attached hydrogens (tertiary/aromatic N) is 2. The number of halogens is 1. The van der Waals surface area contributed by atoms with Crippen molar-refractivity contribution in [3.63, 3.8) is 0 Å². The lowest BCUT2D eigenvalue weighted by atomic mass is 9.97. The van der Waals surface area contributed by atoms with E-state index in [4.69, 9.17) is 16.0 Å². The molecule has 1 aliphatic heterocycles. The molecule has 2 aromatic rings. The monoisotopic (exact) mass is 237 g/mol. The van der Waals surface area contributed by atoms with Crippen LogP contribution in [0.1, 0.15) is 22.9 Å². The van der Waals surface area contributed by atoms with Crippen molar-refractivity contribution in [1.82, 2.24) is 15.1 Å². The quantitative estimate of drug-likeness (QED) is 0.824. The minimum atomic E-state index is 0.101. The third-order valence-electron chi connectivity index (χ3n) is 2.99. The first-order chi connectivity index (χ1) is 7.77. The smallest absolute Gasteiger partial charge is 0.131 e. The summed E-state index contributed by atoms with van der Waals surface area (Å²) in [5.41, 5.74) is 2.17. The SMILES string of the molecule is Cn1ncc(C2NCCc3occc32)c1Cl. The summed E-state index contributed by atoms with van der Waals surface area (Å²) >= 11 is 6.21. The summed E-state index contributed by atoms with van der Waals surface area (Å²) in [6.07, 6.45) is 4.47. The van der Waals surface area contributed by atoms with Crippen molar-refractivity contribution < 1.29 is 4.42 Å². The Hall–Kier alpha value is -1.26. The predicted octanol–water partition coefficient (Wildman–Crippen LogP) is 1.90. The number of aryl methyl sites for hydroxylation is 1. The third kappa shape index (κ3) is 1.37. The van der Waals surface area contributed by atoms with Crippen LogP contribution in [0, 0.1) is 0 Å². The Morgan fingerprint density at radius 1 is 1.56 bits per heavy atom. The number of furan rings is 1. The maximum atomic E-state index is 6.21. The van der Waals surface area contributed by atoms with Gasteiger partial charge in [0.25, 0.3) is 0 Å². The van der Waals surface area contributed by atoms with E-state index < -0.39 is 0 Å². The Labute approximate surface area is 98.2 Å². The fraction of sp³-hybridized carbons (Fsp3) is 0.364. The van der Waals surface area contributed by atoms with Crippen molar-refractivity contribution in [2.24, 2.45) is 7.05 Å². The second-order valence-electron chi connectivity index (χ2n) is 3.95. The molecule has 0 spiro atoms. The summed E-state index contributed by atoms with van der Waals surface area (Å²) in [7, 11) is 1.84. The van der Waals surface area contributed by atoms with Crippen LogP contribution in [0.4, 0.5) is 0 Å². The van der Waals surface area contributed by atoms with Crippen LogP contribution in [0.5, 0.6) is 0 Å². The molecule has 0 fully saturated rings. The summed E-state index contributed by atoms with van der Waals surface area (Å²) in [5, 5.41) is 8.27. The Bertz CT molecular complexity index is 517. The number of aromatic nitrogens is 2. The lowest BCUT2D eigenvalue weighted by Crippen LogP contribution is -2.29. The van der Waals surface area contributed by atoms with E-state index in [1.165, 1.54) is 5.56 Å². The van der Waals surface area contributed by atoms with E-state index in [2.05, 4.69) is 10.4 Å². The Morgan fingerprint density at radius 2 is 2.44 bits per heavy atom. The average Bonchev–Trinajstić information content (AvgIpc) is 2.87. The Balaban J connectivity index is 2.07. The molecular formula is C11H12ClN3O. The van der Waals surface area contributed by atoms with Gasteiger partial charge in [-0.15, -0.1) is 0 Å². The first-order valence-corrected chi connectivity index (χ1v) is 5.62. The number of nitrogens with one attached hydrogen (secondary N) is 1. The zero-order valence-corrected chi connectivity index (χ0v) is 9.66. The normalized spacial score (nSPS) is 19.8. The van der Waals surface area contributed by atoms with Gasteiger partial charge in [-0.2, -0.15) is 5.10 Å². The first-order valence-electron chi connectivity index (χ1n) is 5.24. The topological polar surface area (TPSA) is 43.0 Å². The molecule has 0 saturated carbocycles. The molecule has 1 unspecified atom stereocenters. The molecule has 0 aromatic carbocycles.